The minimum atomic E-state index is -0.0271. The number of aromatic amines is 1. The van der Waals surface area contributed by atoms with Crippen LogP contribution in [0.4, 0.5) is 0 Å². The maximum absolute atomic E-state index is 12.7. The number of aliphatic hydroxyl groups excluding tert-OH is 1. The van der Waals surface area contributed by atoms with Crippen LogP contribution in [0.2, 0.25) is 0 Å². The molecule has 2 aliphatic heterocycles. The van der Waals surface area contributed by atoms with Crippen molar-refractivity contribution in [2.75, 3.05) is 26.3 Å². The van der Waals surface area contributed by atoms with Gasteiger partial charge in [0.25, 0.3) is 5.91 Å². The topological polar surface area (TPSA) is 77.6 Å². The zero-order valence-electron chi connectivity index (χ0n) is 13.6. The number of ether oxygens (including phenoxy) is 1. The van der Waals surface area contributed by atoms with E-state index in [4.69, 9.17) is 9.84 Å². The third-order valence-electron chi connectivity index (χ3n) is 5.11. The van der Waals surface area contributed by atoms with Crippen LogP contribution in [0.3, 0.4) is 0 Å². The molecule has 6 heteroatoms. The lowest BCUT2D eigenvalue weighted by Crippen LogP contribution is -2.46. The molecule has 1 aromatic carbocycles. The normalized spacial score (nSPS) is 27.3. The summed E-state index contributed by atoms with van der Waals surface area (Å²) < 4.78 is 5.80. The fraction of sp³-hybridized carbons (Fsp3) is 0.500. The van der Waals surface area contributed by atoms with E-state index in [-0.39, 0.29) is 24.7 Å². The number of rotatable bonds is 4. The Morgan fingerprint density at radius 1 is 1.38 bits per heavy atom. The lowest BCUT2D eigenvalue weighted by molar-refractivity contribution is -0.0566. The first-order valence-electron chi connectivity index (χ1n) is 8.58. The quantitative estimate of drug-likeness (QED) is 0.786. The van der Waals surface area contributed by atoms with Crippen LogP contribution in [0.25, 0.3) is 10.9 Å². The van der Waals surface area contributed by atoms with Gasteiger partial charge < -0.3 is 20.1 Å². The molecule has 128 valence electrons. The van der Waals surface area contributed by atoms with Gasteiger partial charge in [0, 0.05) is 43.4 Å². The van der Waals surface area contributed by atoms with E-state index in [0.717, 1.165) is 30.4 Å². The molecule has 4 rings (SSSR count). The largest absolute Gasteiger partial charge is 0.396 e. The number of morpholine rings is 1. The zero-order chi connectivity index (χ0) is 16.5. The number of aromatic nitrogens is 1. The Morgan fingerprint density at radius 3 is 3.17 bits per heavy atom. The molecule has 2 saturated heterocycles. The van der Waals surface area contributed by atoms with Gasteiger partial charge in [-0.2, -0.15) is 0 Å². The van der Waals surface area contributed by atoms with Crippen LogP contribution in [-0.2, 0) is 4.74 Å². The predicted octanol–water partition coefficient (Wildman–Crippen LogP) is 1.12. The zero-order valence-corrected chi connectivity index (χ0v) is 13.6. The van der Waals surface area contributed by atoms with Crippen LogP contribution in [0.1, 0.15) is 23.2 Å². The molecule has 2 aliphatic rings. The Labute approximate surface area is 140 Å². The Hall–Kier alpha value is -1.89. The van der Waals surface area contributed by atoms with Crippen molar-refractivity contribution < 1.29 is 14.6 Å². The van der Waals surface area contributed by atoms with Gasteiger partial charge >= 0.3 is 0 Å². The number of nitrogens with one attached hydrogen (secondary N) is 2. The second-order valence-electron chi connectivity index (χ2n) is 6.73. The fourth-order valence-electron chi connectivity index (χ4n) is 3.90. The van der Waals surface area contributed by atoms with Gasteiger partial charge in [0.15, 0.2) is 0 Å². The molecule has 3 atom stereocenters. The van der Waals surface area contributed by atoms with Gasteiger partial charge in [0.1, 0.15) is 0 Å². The highest BCUT2D eigenvalue weighted by atomic mass is 16.5. The lowest BCUT2D eigenvalue weighted by Gasteiger charge is -2.34. The lowest BCUT2D eigenvalue weighted by atomic mass is 10.1. The molecule has 2 fully saturated rings. The van der Waals surface area contributed by atoms with Crippen LogP contribution in [0.15, 0.2) is 30.5 Å². The van der Waals surface area contributed by atoms with E-state index >= 15 is 0 Å². The number of nitrogens with zero attached hydrogens (tertiary/aromatic N) is 1. The molecule has 2 aromatic rings. The van der Waals surface area contributed by atoms with E-state index < -0.39 is 0 Å². The van der Waals surface area contributed by atoms with Crippen molar-refractivity contribution >= 4 is 16.8 Å². The molecule has 1 aromatic heterocycles. The number of aliphatic hydroxyl groups is 1. The third kappa shape index (κ3) is 2.92. The first kappa shape index (κ1) is 15.6. The summed E-state index contributed by atoms with van der Waals surface area (Å²) in [6.07, 6.45) is 3.55. The molecule has 24 heavy (non-hydrogen) atoms. The Morgan fingerprint density at radius 2 is 2.29 bits per heavy atom. The van der Waals surface area contributed by atoms with E-state index in [2.05, 4.69) is 15.2 Å². The van der Waals surface area contributed by atoms with Crippen molar-refractivity contribution in [3.05, 3.63) is 36.0 Å². The summed E-state index contributed by atoms with van der Waals surface area (Å²) >= 11 is 0. The molecule has 3 N–H and O–H groups in total. The van der Waals surface area contributed by atoms with Crippen molar-refractivity contribution in [3.8, 4) is 0 Å². The molecule has 0 unspecified atom stereocenters. The average molecular weight is 329 g/mol. The highest BCUT2D eigenvalue weighted by Gasteiger charge is 2.37. The summed E-state index contributed by atoms with van der Waals surface area (Å²) in [6, 6.07) is 8.25. The number of H-pyrrole nitrogens is 1. The summed E-state index contributed by atoms with van der Waals surface area (Å²) in [4.78, 5) is 18.2. The second-order valence-corrected chi connectivity index (χ2v) is 6.73. The minimum absolute atomic E-state index is 0.0271. The molecular weight excluding hydrogens is 306 g/mol. The van der Waals surface area contributed by atoms with Crippen molar-refractivity contribution in [2.45, 2.75) is 31.0 Å². The van der Waals surface area contributed by atoms with E-state index in [0.29, 0.717) is 24.6 Å². The molecule has 0 spiro atoms. The molecule has 0 bridgehead atoms. The van der Waals surface area contributed by atoms with Crippen LogP contribution < -0.4 is 5.32 Å². The first-order chi connectivity index (χ1) is 11.7. The van der Waals surface area contributed by atoms with E-state index in [1.54, 1.807) is 0 Å². The van der Waals surface area contributed by atoms with Crippen molar-refractivity contribution in [1.29, 1.82) is 0 Å². The number of hydrogen-bond donors (Lipinski definition) is 3. The number of carbonyl (C=O) groups is 1. The van der Waals surface area contributed by atoms with Gasteiger partial charge in [-0.15, -0.1) is 0 Å². The molecule has 3 heterocycles. The summed E-state index contributed by atoms with van der Waals surface area (Å²) in [7, 11) is 0. The van der Waals surface area contributed by atoms with Gasteiger partial charge in [-0.05, 0) is 25.0 Å². The number of carbonyl (C=O) groups excluding carboxylic acids is 1. The van der Waals surface area contributed by atoms with Crippen LogP contribution >= 0.6 is 0 Å². The Bertz CT molecular complexity index is 729. The molecule has 1 amide bonds. The average Bonchev–Trinajstić information content (AvgIpc) is 3.20. The van der Waals surface area contributed by atoms with Gasteiger partial charge in [-0.1, -0.05) is 12.1 Å². The summed E-state index contributed by atoms with van der Waals surface area (Å²) in [5, 5.41) is 13.3. The highest BCUT2D eigenvalue weighted by Crippen LogP contribution is 2.25. The number of amides is 1. The monoisotopic (exact) mass is 329 g/mol. The van der Waals surface area contributed by atoms with Crippen LogP contribution in [0, 0.1) is 0 Å². The number of fused-ring (bicyclic) bond motifs is 2. The van der Waals surface area contributed by atoms with Crippen LogP contribution in [-0.4, -0.2) is 65.4 Å². The summed E-state index contributed by atoms with van der Waals surface area (Å²) in [5.41, 5.74) is 1.58. The molecule has 6 nitrogen and oxygen atoms in total. The molecular formula is C18H23N3O3. The standard InChI is InChI=1S/C18H23N3O3/c22-7-5-15-10-21-9-13(8-14(21)11-24-15)20-18(23)16-3-1-2-12-4-6-19-17(12)16/h1-4,6,13-15,19,22H,5,7-11H2,(H,20,23)/t13-,14-,15-/m0/s1. The first-order valence-corrected chi connectivity index (χ1v) is 8.58. The van der Waals surface area contributed by atoms with Crippen molar-refractivity contribution in [2.24, 2.45) is 0 Å². The van der Waals surface area contributed by atoms with Gasteiger partial charge in [-0.3, -0.25) is 9.69 Å². The maximum Gasteiger partial charge on any atom is 0.253 e. The molecule has 0 aliphatic carbocycles. The number of para-hydroxylation sites is 1. The van der Waals surface area contributed by atoms with Crippen LogP contribution in [0.5, 0.6) is 0 Å². The predicted molar refractivity (Wildman–Crippen MR) is 91.0 cm³/mol. The third-order valence-corrected chi connectivity index (χ3v) is 5.11. The number of hydrogen-bond acceptors (Lipinski definition) is 4. The summed E-state index contributed by atoms with van der Waals surface area (Å²) in [6.45, 7) is 2.53. The van der Waals surface area contributed by atoms with Crippen molar-refractivity contribution in [1.82, 2.24) is 15.2 Å². The summed E-state index contributed by atoms with van der Waals surface area (Å²) in [5.74, 6) is -0.0271. The smallest absolute Gasteiger partial charge is 0.253 e. The fourth-order valence-corrected chi connectivity index (χ4v) is 3.90. The molecule has 0 radical (unpaired) electrons. The molecule has 0 saturated carbocycles. The van der Waals surface area contributed by atoms with E-state index in [1.807, 2.05) is 30.5 Å². The Balaban J connectivity index is 1.41. The highest BCUT2D eigenvalue weighted by molar-refractivity contribution is 6.05. The van der Waals surface area contributed by atoms with Gasteiger partial charge in [0.05, 0.1) is 23.8 Å². The van der Waals surface area contributed by atoms with Crippen molar-refractivity contribution in [3.63, 3.8) is 0 Å². The SMILES string of the molecule is O=C(N[C@H]1C[C@H]2CO[C@@H](CCO)CN2C1)c1cccc2cc[nH]c12. The van der Waals surface area contributed by atoms with Gasteiger partial charge in [-0.25, -0.2) is 0 Å². The maximum atomic E-state index is 12.7. The van der Waals surface area contributed by atoms with E-state index in [9.17, 15) is 4.79 Å². The number of benzene rings is 1. The Kier molecular flexibility index (Phi) is 4.26. The van der Waals surface area contributed by atoms with E-state index in [1.165, 1.54) is 0 Å². The minimum Gasteiger partial charge on any atom is -0.396 e. The second kappa shape index (κ2) is 6.55. The van der Waals surface area contributed by atoms with Gasteiger partial charge in [0.2, 0.25) is 0 Å².